The number of likely N-dealkylation sites (tertiary alicyclic amines) is 1. The first-order chi connectivity index (χ1) is 12.1. The van der Waals surface area contributed by atoms with Crippen molar-refractivity contribution < 1.29 is 14.3 Å². The topological polar surface area (TPSA) is 64.8 Å². The molecule has 1 heterocycles. The van der Waals surface area contributed by atoms with E-state index in [1.165, 1.54) is 12.8 Å². The van der Waals surface area contributed by atoms with Crippen LogP contribution in [0.15, 0.2) is 24.3 Å². The summed E-state index contributed by atoms with van der Waals surface area (Å²) in [6.45, 7) is 6.54. The molecule has 138 valence electrons. The Hall–Kier alpha value is -1.59. The molecule has 1 aliphatic carbocycles. The summed E-state index contributed by atoms with van der Waals surface area (Å²) < 4.78 is 11.3. The monoisotopic (exact) mass is 346 g/mol. The van der Waals surface area contributed by atoms with Crippen LogP contribution in [-0.4, -0.2) is 50.8 Å². The molecule has 1 aromatic carbocycles. The highest BCUT2D eigenvalue weighted by Gasteiger charge is 2.50. The van der Waals surface area contributed by atoms with Crippen molar-refractivity contribution in [3.63, 3.8) is 0 Å². The maximum atomic E-state index is 12.5. The van der Waals surface area contributed by atoms with E-state index in [9.17, 15) is 4.79 Å². The number of anilines is 1. The minimum absolute atomic E-state index is 0.00755. The molecular formula is C20H30N2O3. The van der Waals surface area contributed by atoms with Crippen LogP contribution in [0.3, 0.4) is 0 Å². The highest BCUT2D eigenvalue weighted by atomic mass is 16.5. The molecule has 5 nitrogen and oxygen atoms in total. The van der Waals surface area contributed by atoms with Gasteiger partial charge in [0.2, 0.25) is 0 Å². The lowest BCUT2D eigenvalue weighted by molar-refractivity contribution is -0.110. The Kier molecular flexibility index (Phi) is 5.64. The first kappa shape index (κ1) is 18.2. The van der Waals surface area contributed by atoms with Crippen molar-refractivity contribution >= 4 is 11.7 Å². The third-order valence-corrected chi connectivity index (χ3v) is 6.10. The van der Waals surface area contributed by atoms with E-state index in [2.05, 4.69) is 11.8 Å². The van der Waals surface area contributed by atoms with E-state index in [0.717, 1.165) is 32.7 Å². The Morgan fingerprint density at radius 3 is 2.92 bits per heavy atom. The quantitative estimate of drug-likeness (QED) is 0.634. The Balaban J connectivity index is 1.76. The number of methoxy groups -OCH3 is 1. The van der Waals surface area contributed by atoms with Crippen LogP contribution in [0.5, 0.6) is 0 Å². The zero-order valence-corrected chi connectivity index (χ0v) is 15.4. The van der Waals surface area contributed by atoms with Gasteiger partial charge in [-0.05, 0) is 43.4 Å². The van der Waals surface area contributed by atoms with Gasteiger partial charge in [0.15, 0.2) is 0 Å². The summed E-state index contributed by atoms with van der Waals surface area (Å²) >= 11 is 0. The number of piperidine rings is 1. The molecule has 3 rings (SSSR count). The van der Waals surface area contributed by atoms with Gasteiger partial charge in [-0.25, -0.2) is 4.79 Å². The summed E-state index contributed by atoms with van der Waals surface area (Å²) in [7, 11) is 1.77. The van der Waals surface area contributed by atoms with Gasteiger partial charge in [0.05, 0.1) is 18.8 Å². The van der Waals surface area contributed by atoms with E-state index < -0.39 is 0 Å². The molecule has 5 heteroatoms. The molecule has 2 aliphatic rings. The first-order valence-corrected chi connectivity index (χ1v) is 9.32. The highest BCUT2D eigenvalue weighted by Crippen LogP contribution is 2.49. The number of nitrogens with two attached hydrogens (primary N) is 1. The lowest BCUT2D eigenvalue weighted by Gasteiger charge is -2.54. The number of nitrogen functional groups attached to an aromatic ring is 1. The molecule has 25 heavy (non-hydrogen) atoms. The summed E-state index contributed by atoms with van der Waals surface area (Å²) in [5, 5.41) is 0. The maximum absolute atomic E-state index is 12.5. The molecule has 1 saturated heterocycles. The average Bonchev–Trinajstić information content (AvgIpc) is 2.61. The summed E-state index contributed by atoms with van der Waals surface area (Å²) in [6, 6.07) is 7.10. The smallest absolute Gasteiger partial charge is 0.340 e. The minimum atomic E-state index is -0.320. The van der Waals surface area contributed by atoms with Crippen LogP contribution in [0, 0.1) is 17.3 Å². The third-order valence-electron chi connectivity index (χ3n) is 6.10. The standard InChI is InChI=1S/C20H30N2O3/c1-3-22-11-15-7-6-10-20(13-22,17(15)12-24-2)14-25-19(23)16-8-4-5-9-18(16)21/h4-5,8-9,15,17H,3,6-7,10-14,21H2,1-2H3/t15-,17?,20+/m1/s1. The highest BCUT2D eigenvalue weighted by molar-refractivity contribution is 5.94. The molecule has 3 atom stereocenters. The Bertz CT molecular complexity index is 606. The second-order valence-corrected chi connectivity index (χ2v) is 7.57. The van der Waals surface area contributed by atoms with Crippen LogP contribution in [0.4, 0.5) is 5.69 Å². The number of ether oxygens (including phenoxy) is 2. The van der Waals surface area contributed by atoms with Gasteiger partial charge in [0, 0.05) is 31.3 Å². The van der Waals surface area contributed by atoms with Gasteiger partial charge in [-0.1, -0.05) is 25.5 Å². The van der Waals surface area contributed by atoms with Gasteiger partial charge in [-0.3, -0.25) is 0 Å². The average molecular weight is 346 g/mol. The summed E-state index contributed by atoms with van der Waals surface area (Å²) in [5.41, 5.74) is 6.84. The fourth-order valence-corrected chi connectivity index (χ4v) is 4.79. The van der Waals surface area contributed by atoms with Crippen LogP contribution >= 0.6 is 0 Å². The van der Waals surface area contributed by atoms with Crippen LogP contribution < -0.4 is 5.73 Å². The van der Waals surface area contributed by atoms with Gasteiger partial charge in [0.25, 0.3) is 0 Å². The van der Waals surface area contributed by atoms with E-state index in [4.69, 9.17) is 15.2 Å². The van der Waals surface area contributed by atoms with Gasteiger partial charge in [0.1, 0.15) is 0 Å². The molecule has 1 saturated carbocycles. The van der Waals surface area contributed by atoms with E-state index in [1.54, 1.807) is 19.2 Å². The van der Waals surface area contributed by atoms with Crippen molar-refractivity contribution in [1.82, 2.24) is 4.90 Å². The van der Waals surface area contributed by atoms with Gasteiger partial charge >= 0.3 is 5.97 Å². The molecule has 0 amide bonds. The number of carbonyl (C=O) groups excluding carboxylic acids is 1. The largest absolute Gasteiger partial charge is 0.461 e. The molecule has 2 N–H and O–H groups in total. The number of rotatable bonds is 6. The van der Waals surface area contributed by atoms with Crippen LogP contribution in [0.25, 0.3) is 0 Å². The van der Waals surface area contributed by atoms with E-state index in [-0.39, 0.29) is 11.4 Å². The number of carbonyl (C=O) groups is 1. The molecule has 1 aromatic rings. The molecular weight excluding hydrogens is 316 g/mol. The summed E-state index contributed by atoms with van der Waals surface area (Å²) in [5.74, 6) is 0.761. The Morgan fingerprint density at radius 2 is 2.20 bits per heavy atom. The third kappa shape index (κ3) is 3.67. The lowest BCUT2D eigenvalue weighted by atomic mass is 9.59. The predicted molar refractivity (Wildman–Crippen MR) is 98.4 cm³/mol. The molecule has 1 aliphatic heterocycles. The second-order valence-electron chi connectivity index (χ2n) is 7.57. The number of esters is 1. The number of fused-ring (bicyclic) bond motifs is 2. The van der Waals surface area contributed by atoms with Crippen molar-refractivity contribution in [2.75, 3.05) is 45.7 Å². The van der Waals surface area contributed by atoms with Crippen molar-refractivity contribution in [2.45, 2.75) is 26.2 Å². The normalized spacial score (nSPS) is 29.4. The zero-order chi connectivity index (χ0) is 17.9. The fraction of sp³-hybridized carbons (Fsp3) is 0.650. The van der Waals surface area contributed by atoms with Crippen molar-refractivity contribution in [2.24, 2.45) is 17.3 Å². The molecule has 0 spiro atoms. The molecule has 1 unspecified atom stereocenters. The number of benzene rings is 1. The van der Waals surface area contributed by atoms with Crippen LogP contribution in [0.1, 0.15) is 36.5 Å². The van der Waals surface area contributed by atoms with Crippen LogP contribution in [-0.2, 0) is 9.47 Å². The van der Waals surface area contributed by atoms with Crippen LogP contribution in [0.2, 0.25) is 0 Å². The predicted octanol–water partition coefficient (Wildman–Crippen LogP) is 2.81. The lowest BCUT2D eigenvalue weighted by Crippen LogP contribution is -2.58. The maximum Gasteiger partial charge on any atom is 0.340 e. The number of hydrogen-bond donors (Lipinski definition) is 1. The van der Waals surface area contributed by atoms with Gasteiger partial charge in [-0.15, -0.1) is 0 Å². The van der Waals surface area contributed by atoms with Gasteiger partial charge in [-0.2, -0.15) is 0 Å². The Labute approximate surface area is 150 Å². The van der Waals surface area contributed by atoms with Crippen molar-refractivity contribution in [1.29, 1.82) is 0 Å². The minimum Gasteiger partial charge on any atom is -0.461 e. The SMILES string of the molecule is CCN1C[C@H]2CCC[C@@](COC(=O)c3ccccc3N)(C1)C2COC. The van der Waals surface area contributed by atoms with Crippen molar-refractivity contribution in [3.8, 4) is 0 Å². The molecule has 0 radical (unpaired) electrons. The summed E-state index contributed by atoms with van der Waals surface area (Å²) in [4.78, 5) is 15.0. The molecule has 2 bridgehead atoms. The van der Waals surface area contributed by atoms with Crippen molar-refractivity contribution in [3.05, 3.63) is 29.8 Å². The number of para-hydroxylation sites is 1. The Morgan fingerprint density at radius 1 is 1.40 bits per heavy atom. The second kappa shape index (κ2) is 7.75. The van der Waals surface area contributed by atoms with E-state index >= 15 is 0 Å². The number of hydrogen-bond acceptors (Lipinski definition) is 5. The van der Waals surface area contributed by atoms with E-state index in [1.807, 2.05) is 12.1 Å². The summed E-state index contributed by atoms with van der Waals surface area (Å²) in [6.07, 6.45) is 3.53. The zero-order valence-electron chi connectivity index (χ0n) is 15.4. The molecule has 2 fully saturated rings. The first-order valence-electron chi connectivity index (χ1n) is 9.32. The fourth-order valence-electron chi connectivity index (χ4n) is 4.79. The number of nitrogens with zero attached hydrogens (tertiary/aromatic N) is 1. The van der Waals surface area contributed by atoms with E-state index in [0.29, 0.717) is 29.7 Å². The molecule has 0 aromatic heterocycles. The van der Waals surface area contributed by atoms with Gasteiger partial charge < -0.3 is 20.1 Å².